The summed E-state index contributed by atoms with van der Waals surface area (Å²) < 4.78 is 0.872. The van der Waals surface area contributed by atoms with Crippen molar-refractivity contribution < 1.29 is 4.79 Å². The maximum atomic E-state index is 11.9. The lowest BCUT2D eigenvalue weighted by atomic mass is 10.3. The van der Waals surface area contributed by atoms with Gasteiger partial charge < -0.3 is 5.32 Å². The predicted molar refractivity (Wildman–Crippen MR) is 86.0 cm³/mol. The Labute approximate surface area is 130 Å². The van der Waals surface area contributed by atoms with E-state index in [2.05, 4.69) is 31.5 Å². The van der Waals surface area contributed by atoms with E-state index in [1.54, 1.807) is 11.3 Å². The molecule has 4 nitrogen and oxygen atoms in total. The van der Waals surface area contributed by atoms with Crippen LogP contribution in [0, 0.1) is 6.92 Å². The van der Waals surface area contributed by atoms with E-state index in [4.69, 9.17) is 0 Å². The molecule has 1 unspecified atom stereocenters. The topological polar surface area (TPSA) is 54.0 Å². The monoisotopic (exact) mass is 353 g/mol. The quantitative estimate of drug-likeness (QED) is 0.864. The highest BCUT2D eigenvalue weighted by Gasteiger charge is 2.11. The summed E-state index contributed by atoms with van der Waals surface area (Å²) in [6, 6.07) is 7.61. The molecule has 0 fully saturated rings. The van der Waals surface area contributed by atoms with Crippen molar-refractivity contribution in [1.82, 2.24) is 10.3 Å². The van der Waals surface area contributed by atoms with E-state index in [9.17, 15) is 4.79 Å². The molecule has 0 radical (unpaired) electrons. The maximum Gasteiger partial charge on any atom is 0.238 e. The Balaban J connectivity index is 1.85. The highest BCUT2D eigenvalue weighted by atomic mass is 79.9. The van der Waals surface area contributed by atoms with Gasteiger partial charge >= 0.3 is 0 Å². The Kier molecular flexibility index (Phi) is 5.28. The minimum absolute atomic E-state index is 0.0682. The van der Waals surface area contributed by atoms with Gasteiger partial charge in [0.25, 0.3) is 0 Å². The van der Waals surface area contributed by atoms with Crippen LogP contribution in [0.2, 0.25) is 0 Å². The van der Waals surface area contributed by atoms with Crippen LogP contribution < -0.4 is 10.6 Å². The number of hydrogen-bond acceptors (Lipinski definition) is 4. The van der Waals surface area contributed by atoms with Crippen LogP contribution in [0.25, 0.3) is 0 Å². The number of thiazole rings is 1. The number of hydrogen-bond donors (Lipinski definition) is 2. The molecule has 106 valence electrons. The molecular formula is C14H16BrN3OS. The molecule has 0 bridgehead atoms. The molecule has 2 rings (SSSR count). The van der Waals surface area contributed by atoms with E-state index < -0.39 is 0 Å². The average molecular weight is 354 g/mol. The zero-order chi connectivity index (χ0) is 14.5. The van der Waals surface area contributed by atoms with Crippen LogP contribution in [0.5, 0.6) is 0 Å². The van der Waals surface area contributed by atoms with Gasteiger partial charge in [0.05, 0.1) is 18.3 Å². The van der Waals surface area contributed by atoms with Crippen LogP contribution in [0.4, 0.5) is 5.69 Å². The highest BCUT2D eigenvalue weighted by molar-refractivity contribution is 9.10. The number of amides is 1. The van der Waals surface area contributed by atoms with Crippen molar-refractivity contribution in [2.75, 3.05) is 11.9 Å². The molecule has 0 saturated heterocycles. The van der Waals surface area contributed by atoms with Crippen LogP contribution >= 0.6 is 27.3 Å². The van der Waals surface area contributed by atoms with Crippen molar-refractivity contribution in [2.45, 2.75) is 19.9 Å². The molecule has 1 aromatic carbocycles. The van der Waals surface area contributed by atoms with Crippen LogP contribution in [-0.4, -0.2) is 17.4 Å². The number of anilines is 1. The van der Waals surface area contributed by atoms with E-state index in [1.165, 1.54) is 4.88 Å². The summed E-state index contributed by atoms with van der Waals surface area (Å²) in [5.41, 5.74) is 0.775. The summed E-state index contributed by atoms with van der Waals surface area (Å²) in [7, 11) is 0. The first-order valence-corrected chi connectivity index (χ1v) is 7.87. The molecule has 0 spiro atoms. The summed E-state index contributed by atoms with van der Waals surface area (Å²) in [6.07, 6.45) is 1.85. The fourth-order valence-electron chi connectivity index (χ4n) is 1.66. The summed E-state index contributed by atoms with van der Waals surface area (Å²) >= 11 is 5.04. The van der Waals surface area contributed by atoms with Gasteiger partial charge in [0.1, 0.15) is 5.01 Å². The Bertz CT molecular complexity index is 600. The lowest BCUT2D eigenvalue weighted by Crippen LogP contribution is -2.30. The van der Waals surface area contributed by atoms with Crippen molar-refractivity contribution in [2.24, 2.45) is 0 Å². The summed E-state index contributed by atoms with van der Waals surface area (Å²) in [6.45, 7) is 4.28. The fraction of sp³-hybridized carbons (Fsp3) is 0.286. The van der Waals surface area contributed by atoms with Crippen LogP contribution in [0.1, 0.15) is 22.9 Å². The Hall–Kier alpha value is -1.24. The third kappa shape index (κ3) is 4.13. The molecule has 1 aromatic heterocycles. The SMILES string of the molecule is Cc1cnc(C(C)NCC(=O)Nc2ccccc2Br)s1. The van der Waals surface area contributed by atoms with Crippen molar-refractivity contribution in [3.63, 3.8) is 0 Å². The number of halogens is 1. The zero-order valence-corrected chi connectivity index (χ0v) is 13.7. The first kappa shape index (κ1) is 15.2. The second-order valence-electron chi connectivity index (χ2n) is 4.44. The van der Waals surface area contributed by atoms with Gasteiger partial charge in [0.2, 0.25) is 5.91 Å². The van der Waals surface area contributed by atoms with E-state index in [0.29, 0.717) is 0 Å². The van der Waals surface area contributed by atoms with Gasteiger partial charge in [-0.2, -0.15) is 0 Å². The molecule has 2 aromatic rings. The van der Waals surface area contributed by atoms with Crippen LogP contribution in [0.15, 0.2) is 34.9 Å². The summed E-state index contributed by atoms with van der Waals surface area (Å²) in [5, 5.41) is 7.03. The Morgan fingerprint density at radius 3 is 2.85 bits per heavy atom. The van der Waals surface area contributed by atoms with Crippen molar-refractivity contribution in [1.29, 1.82) is 0 Å². The second-order valence-corrected chi connectivity index (χ2v) is 6.56. The van der Waals surface area contributed by atoms with Gasteiger partial charge in [-0.25, -0.2) is 4.98 Å². The Morgan fingerprint density at radius 2 is 2.20 bits per heavy atom. The van der Waals surface area contributed by atoms with Crippen molar-refractivity contribution in [3.05, 3.63) is 44.8 Å². The number of nitrogens with one attached hydrogen (secondary N) is 2. The molecule has 6 heteroatoms. The Morgan fingerprint density at radius 1 is 1.45 bits per heavy atom. The molecule has 20 heavy (non-hydrogen) atoms. The number of aromatic nitrogens is 1. The van der Waals surface area contributed by atoms with E-state index in [0.717, 1.165) is 15.2 Å². The molecule has 0 aliphatic rings. The largest absolute Gasteiger partial charge is 0.324 e. The molecule has 1 atom stereocenters. The predicted octanol–water partition coefficient (Wildman–Crippen LogP) is 3.50. The third-order valence-corrected chi connectivity index (χ3v) is 4.51. The van der Waals surface area contributed by atoms with Crippen LogP contribution in [-0.2, 0) is 4.79 Å². The van der Waals surface area contributed by atoms with Gasteiger partial charge in [0.15, 0.2) is 0 Å². The van der Waals surface area contributed by atoms with Gasteiger partial charge in [-0.3, -0.25) is 10.1 Å². The minimum atomic E-state index is -0.0722. The standard InChI is InChI=1S/C14H16BrN3OS/c1-9-7-17-14(20-9)10(2)16-8-13(19)18-12-6-4-3-5-11(12)15/h3-7,10,16H,8H2,1-2H3,(H,18,19). The molecule has 0 saturated carbocycles. The smallest absolute Gasteiger partial charge is 0.238 e. The maximum absolute atomic E-state index is 11.9. The molecule has 2 N–H and O–H groups in total. The molecule has 0 aliphatic heterocycles. The van der Waals surface area contributed by atoms with Crippen molar-refractivity contribution in [3.8, 4) is 0 Å². The van der Waals surface area contributed by atoms with Gasteiger partial charge in [-0.1, -0.05) is 12.1 Å². The fourth-order valence-corrected chi connectivity index (χ4v) is 2.85. The number of aryl methyl sites for hydroxylation is 1. The number of carbonyl (C=O) groups excluding carboxylic acids is 1. The van der Waals surface area contributed by atoms with Crippen molar-refractivity contribution >= 4 is 38.9 Å². The first-order chi connectivity index (χ1) is 9.56. The van der Waals surface area contributed by atoms with Crippen LogP contribution in [0.3, 0.4) is 0 Å². The van der Waals surface area contributed by atoms with Gasteiger partial charge in [0, 0.05) is 15.5 Å². The number of benzene rings is 1. The highest BCUT2D eigenvalue weighted by Crippen LogP contribution is 2.21. The molecule has 0 aliphatic carbocycles. The normalized spacial score (nSPS) is 12.2. The minimum Gasteiger partial charge on any atom is -0.324 e. The average Bonchev–Trinajstić information content (AvgIpc) is 2.85. The first-order valence-electron chi connectivity index (χ1n) is 6.26. The second kappa shape index (κ2) is 6.97. The number of carbonyl (C=O) groups is 1. The number of para-hydroxylation sites is 1. The lowest BCUT2D eigenvalue weighted by molar-refractivity contribution is -0.115. The number of nitrogens with zero attached hydrogens (tertiary/aromatic N) is 1. The lowest BCUT2D eigenvalue weighted by Gasteiger charge is -2.12. The van der Waals surface area contributed by atoms with E-state index in [1.807, 2.05) is 44.3 Å². The summed E-state index contributed by atoms with van der Waals surface area (Å²) in [4.78, 5) is 17.4. The van der Waals surface area contributed by atoms with E-state index >= 15 is 0 Å². The molecular weight excluding hydrogens is 338 g/mol. The van der Waals surface area contributed by atoms with E-state index in [-0.39, 0.29) is 18.5 Å². The molecule has 1 amide bonds. The summed E-state index contributed by atoms with van der Waals surface area (Å²) in [5.74, 6) is -0.0722. The van der Waals surface area contributed by atoms with Gasteiger partial charge in [-0.05, 0) is 41.9 Å². The third-order valence-electron chi connectivity index (χ3n) is 2.73. The van der Waals surface area contributed by atoms with Gasteiger partial charge in [-0.15, -0.1) is 11.3 Å². The number of rotatable bonds is 5. The molecule has 1 heterocycles. The zero-order valence-electron chi connectivity index (χ0n) is 11.3.